The highest BCUT2D eigenvalue weighted by Gasteiger charge is 1.96. The van der Waals surface area contributed by atoms with Crippen LogP contribution in [-0.2, 0) is 0 Å². The molecule has 1 aromatic heterocycles. The van der Waals surface area contributed by atoms with Gasteiger partial charge < -0.3 is 0 Å². The second-order valence-corrected chi connectivity index (χ2v) is 2.69. The van der Waals surface area contributed by atoms with E-state index in [2.05, 4.69) is 20.9 Å². The molecule has 2 nitrogen and oxygen atoms in total. The van der Waals surface area contributed by atoms with E-state index in [1.165, 1.54) is 0 Å². The first-order valence-corrected chi connectivity index (χ1v) is 3.56. The van der Waals surface area contributed by atoms with Gasteiger partial charge in [0, 0.05) is 0 Å². The Balaban J connectivity index is 3.23. The molecule has 0 bridgehead atoms. The van der Waals surface area contributed by atoms with Crippen molar-refractivity contribution in [3.63, 3.8) is 0 Å². The first-order valence-electron chi connectivity index (χ1n) is 2.77. The molecule has 0 aliphatic rings. The van der Waals surface area contributed by atoms with Crippen molar-refractivity contribution in [2.75, 3.05) is 0 Å². The highest BCUT2D eigenvalue weighted by Crippen LogP contribution is 2.09. The highest BCUT2D eigenvalue weighted by atomic mass is 79.9. The van der Waals surface area contributed by atoms with Gasteiger partial charge in [0.2, 0.25) is 0 Å². The molecule has 0 aliphatic heterocycles. The van der Waals surface area contributed by atoms with Crippen LogP contribution in [0.15, 0.2) is 16.7 Å². The van der Waals surface area contributed by atoms with Gasteiger partial charge in [-0.2, -0.15) is 5.26 Å². The maximum absolute atomic E-state index is 8.50. The summed E-state index contributed by atoms with van der Waals surface area (Å²) in [6.07, 6.45) is 0. The van der Waals surface area contributed by atoms with Gasteiger partial charge in [0.15, 0.2) is 0 Å². The lowest BCUT2D eigenvalue weighted by Crippen LogP contribution is -1.86. The van der Waals surface area contributed by atoms with Crippen LogP contribution in [0.1, 0.15) is 11.3 Å². The zero-order valence-electron chi connectivity index (χ0n) is 5.43. The van der Waals surface area contributed by atoms with Crippen molar-refractivity contribution in [1.29, 1.82) is 5.26 Å². The van der Waals surface area contributed by atoms with Crippen LogP contribution in [0.4, 0.5) is 0 Å². The molecule has 0 N–H and O–H groups in total. The topological polar surface area (TPSA) is 36.7 Å². The minimum Gasteiger partial charge on any atom is -0.245 e. The third-order valence-electron chi connectivity index (χ3n) is 1.17. The molecule has 1 aromatic rings. The van der Waals surface area contributed by atoms with Gasteiger partial charge in [0.05, 0.1) is 11.3 Å². The molecule has 0 saturated heterocycles. The predicted octanol–water partition coefficient (Wildman–Crippen LogP) is 2.02. The SMILES string of the molecule is Cc1nc(Br)ccc1C#N. The van der Waals surface area contributed by atoms with Crippen LogP contribution in [-0.4, -0.2) is 4.98 Å². The Hall–Kier alpha value is -0.880. The summed E-state index contributed by atoms with van der Waals surface area (Å²) in [6.45, 7) is 1.81. The molecule has 1 rings (SSSR count). The number of hydrogen-bond donors (Lipinski definition) is 0. The third kappa shape index (κ3) is 1.34. The molecular formula is C7H5BrN2. The number of hydrogen-bond acceptors (Lipinski definition) is 2. The molecular weight excluding hydrogens is 192 g/mol. The van der Waals surface area contributed by atoms with E-state index in [-0.39, 0.29) is 0 Å². The summed E-state index contributed by atoms with van der Waals surface area (Å²) >= 11 is 3.20. The van der Waals surface area contributed by atoms with Crippen molar-refractivity contribution in [1.82, 2.24) is 4.98 Å². The smallest absolute Gasteiger partial charge is 0.106 e. The van der Waals surface area contributed by atoms with Crippen LogP contribution >= 0.6 is 15.9 Å². The van der Waals surface area contributed by atoms with Crippen molar-refractivity contribution in [3.05, 3.63) is 28.0 Å². The van der Waals surface area contributed by atoms with E-state index >= 15 is 0 Å². The summed E-state index contributed by atoms with van der Waals surface area (Å²) < 4.78 is 0.768. The first-order chi connectivity index (χ1) is 4.74. The summed E-state index contributed by atoms with van der Waals surface area (Å²) in [4.78, 5) is 4.04. The molecule has 0 unspecified atom stereocenters. The fourth-order valence-electron chi connectivity index (χ4n) is 0.649. The molecule has 3 heteroatoms. The van der Waals surface area contributed by atoms with E-state index in [0.717, 1.165) is 10.3 Å². The van der Waals surface area contributed by atoms with E-state index in [1.54, 1.807) is 12.1 Å². The number of rotatable bonds is 0. The molecule has 0 spiro atoms. The number of aryl methyl sites for hydroxylation is 1. The van der Waals surface area contributed by atoms with Gasteiger partial charge in [-0.25, -0.2) is 4.98 Å². The fraction of sp³-hybridized carbons (Fsp3) is 0.143. The molecule has 0 radical (unpaired) electrons. The van der Waals surface area contributed by atoms with Crippen LogP contribution in [0.5, 0.6) is 0 Å². The maximum atomic E-state index is 8.50. The number of nitrogens with zero attached hydrogens (tertiary/aromatic N) is 2. The standard InChI is InChI=1S/C7H5BrN2/c1-5-6(4-9)2-3-7(8)10-5/h2-3H,1H3. The van der Waals surface area contributed by atoms with Gasteiger partial charge in [-0.15, -0.1) is 0 Å². The Morgan fingerprint density at radius 1 is 1.60 bits per heavy atom. The van der Waals surface area contributed by atoms with Gasteiger partial charge in [-0.05, 0) is 35.0 Å². The minimum absolute atomic E-state index is 0.628. The average molecular weight is 197 g/mol. The summed E-state index contributed by atoms with van der Waals surface area (Å²) in [5.41, 5.74) is 1.39. The van der Waals surface area contributed by atoms with Crippen molar-refractivity contribution >= 4 is 15.9 Å². The van der Waals surface area contributed by atoms with Gasteiger partial charge in [-0.1, -0.05) is 0 Å². The van der Waals surface area contributed by atoms with Gasteiger partial charge in [-0.3, -0.25) is 0 Å². The number of nitriles is 1. The van der Waals surface area contributed by atoms with Crippen LogP contribution in [0, 0.1) is 18.3 Å². The largest absolute Gasteiger partial charge is 0.245 e. The Kier molecular flexibility index (Phi) is 2.03. The van der Waals surface area contributed by atoms with E-state index in [1.807, 2.05) is 13.0 Å². The van der Waals surface area contributed by atoms with Crippen LogP contribution in [0.3, 0.4) is 0 Å². The van der Waals surface area contributed by atoms with Crippen LogP contribution in [0.2, 0.25) is 0 Å². The van der Waals surface area contributed by atoms with Crippen molar-refractivity contribution in [2.45, 2.75) is 6.92 Å². The lowest BCUT2D eigenvalue weighted by atomic mass is 10.2. The zero-order chi connectivity index (χ0) is 7.56. The number of pyridine rings is 1. The molecule has 0 atom stereocenters. The summed E-state index contributed by atoms with van der Waals surface area (Å²) in [7, 11) is 0. The fourth-order valence-corrected chi connectivity index (χ4v) is 1.05. The molecule has 0 amide bonds. The second kappa shape index (κ2) is 2.80. The number of aromatic nitrogens is 1. The highest BCUT2D eigenvalue weighted by molar-refractivity contribution is 9.10. The summed E-state index contributed by atoms with van der Waals surface area (Å²) in [6, 6.07) is 5.54. The summed E-state index contributed by atoms with van der Waals surface area (Å²) in [5.74, 6) is 0. The lowest BCUT2D eigenvalue weighted by molar-refractivity contribution is 1.15. The monoisotopic (exact) mass is 196 g/mol. The Bertz CT molecular complexity index is 288. The van der Waals surface area contributed by atoms with E-state index in [0.29, 0.717) is 5.56 Å². The first kappa shape index (κ1) is 7.23. The molecule has 1 heterocycles. The van der Waals surface area contributed by atoms with Crippen LogP contribution < -0.4 is 0 Å². The molecule has 50 valence electrons. The molecule has 0 saturated carbocycles. The van der Waals surface area contributed by atoms with E-state index in [4.69, 9.17) is 5.26 Å². The molecule has 0 fully saturated rings. The third-order valence-corrected chi connectivity index (χ3v) is 1.61. The van der Waals surface area contributed by atoms with Crippen molar-refractivity contribution in [2.24, 2.45) is 0 Å². The second-order valence-electron chi connectivity index (χ2n) is 1.88. The van der Waals surface area contributed by atoms with Gasteiger partial charge >= 0.3 is 0 Å². The maximum Gasteiger partial charge on any atom is 0.106 e. The van der Waals surface area contributed by atoms with E-state index < -0.39 is 0 Å². The Morgan fingerprint density at radius 2 is 2.30 bits per heavy atom. The quantitative estimate of drug-likeness (QED) is 0.596. The molecule has 0 aliphatic carbocycles. The van der Waals surface area contributed by atoms with E-state index in [9.17, 15) is 0 Å². The Labute approximate surface area is 67.6 Å². The molecule has 10 heavy (non-hydrogen) atoms. The van der Waals surface area contributed by atoms with Crippen LogP contribution in [0.25, 0.3) is 0 Å². The normalized spacial score (nSPS) is 8.90. The van der Waals surface area contributed by atoms with Gasteiger partial charge in [0.25, 0.3) is 0 Å². The zero-order valence-corrected chi connectivity index (χ0v) is 7.01. The Morgan fingerprint density at radius 3 is 2.80 bits per heavy atom. The molecule has 0 aromatic carbocycles. The summed E-state index contributed by atoms with van der Waals surface area (Å²) in [5, 5.41) is 8.50. The number of halogens is 1. The van der Waals surface area contributed by atoms with Crippen molar-refractivity contribution < 1.29 is 0 Å². The van der Waals surface area contributed by atoms with Crippen molar-refractivity contribution in [3.8, 4) is 6.07 Å². The van der Waals surface area contributed by atoms with Gasteiger partial charge in [0.1, 0.15) is 10.7 Å². The lowest BCUT2D eigenvalue weighted by Gasteiger charge is -1.94. The minimum atomic E-state index is 0.628. The predicted molar refractivity (Wildman–Crippen MR) is 41.4 cm³/mol. The average Bonchev–Trinajstić information content (AvgIpc) is 1.88.